The van der Waals surface area contributed by atoms with E-state index in [9.17, 15) is 13.2 Å². The van der Waals surface area contributed by atoms with Crippen LogP contribution in [0.1, 0.15) is 25.7 Å². The highest BCUT2D eigenvalue weighted by molar-refractivity contribution is 5.93. The third-order valence-corrected chi connectivity index (χ3v) is 4.06. The molecule has 5 nitrogen and oxygen atoms in total. The molecular weight excluding hydrogens is 321 g/mol. The summed E-state index contributed by atoms with van der Waals surface area (Å²) in [5.41, 5.74) is 5.89. The first-order valence-corrected chi connectivity index (χ1v) is 7.97. The van der Waals surface area contributed by atoms with Crippen LogP contribution in [0.2, 0.25) is 0 Å². The summed E-state index contributed by atoms with van der Waals surface area (Å²) in [5.74, 6) is -0.278. The second kappa shape index (κ2) is 8.23. The van der Waals surface area contributed by atoms with Gasteiger partial charge in [-0.15, -0.1) is 13.2 Å². The number of anilines is 1. The zero-order valence-corrected chi connectivity index (χ0v) is 13.6. The molecule has 24 heavy (non-hydrogen) atoms. The second-order valence-corrected chi connectivity index (χ2v) is 5.85. The van der Waals surface area contributed by atoms with Gasteiger partial charge in [-0.3, -0.25) is 4.99 Å². The Labute approximate surface area is 139 Å². The predicted octanol–water partition coefficient (Wildman–Crippen LogP) is 3.19. The highest BCUT2D eigenvalue weighted by atomic mass is 19.4. The van der Waals surface area contributed by atoms with E-state index < -0.39 is 6.36 Å². The number of guanidine groups is 1. The van der Waals surface area contributed by atoms with Crippen LogP contribution in [0.4, 0.5) is 18.9 Å². The molecule has 2 rings (SSSR count). The van der Waals surface area contributed by atoms with E-state index in [1.807, 2.05) is 0 Å². The van der Waals surface area contributed by atoms with E-state index in [2.05, 4.69) is 27.0 Å². The first-order valence-electron chi connectivity index (χ1n) is 7.97. The molecular formula is C16H23F3N4O. The Balaban J connectivity index is 1.88. The van der Waals surface area contributed by atoms with Crippen molar-refractivity contribution in [2.24, 2.45) is 10.7 Å². The number of rotatable bonds is 6. The molecule has 134 valence electrons. The zero-order chi connectivity index (χ0) is 17.6. The molecule has 0 radical (unpaired) electrons. The van der Waals surface area contributed by atoms with Gasteiger partial charge in [-0.2, -0.15) is 0 Å². The highest BCUT2D eigenvalue weighted by Gasteiger charge is 2.32. The molecule has 8 heteroatoms. The van der Waals surface area contributed by atoms with Crippen molar-refractivity contribution in [1.82, 2.24) is 4.90 Å². The monoisotopic (exact) mass is 344 g/mol. The average Bonchev–Trinajstić information content (AvgIpc) is 3.02. The molecule has 0 heterocycles. The minimum Gasteiger partial charge on any atom is -0.404 e. The van der Waals surface area contributed by atoms with E-state index in [-0.39, 0.29) is 17.4 Å². The van der Waals surface area contributed by atoms with E-state index in [1.165, 1.54) is 43.9 Å². The van der Waals surface area contributed by atoms with Crippen molar-refractivity contribution < 1.29 is 17.9 Å². The van der Waals surface area contributed by atoms with Crippen molar-refractivity contribution in [2.75, 3.05) is 25.5 Å². The van der Waals surface area contributed by atoms with Gasteiger partial charge in [-0.25, -0.2) is 0 Å². The fourth-order valence-electron chi connectivity index (χ4n) is 2.82. The maximum atomic E-state index is 12.4. The van der Waals surface area contributed by atoms with E-state index in [4.69, 9.17) is 5.73 Å². The Morgan fingerprint density at radius 1 is 1.33 bits per heavy atom. The molecule has 0 atom stereocenters. The fourth-order valence-corrected chi connectivity index (χ4v) is 2.82. The number of para-hydroxylation sites is 2. The minimum absolute atomic E-state index is 0.0630. The lowest BCUT2D eigenvalue weighted by Crippen LogP contribution is -2.32. The predicted molar refractivity (Wildman–Crippen MR) is 88.1 cm³/mol. The van der Waals surface area contributed by atoms with Gasteiger partial charge in [0.15, 0.2) is 11.7 Å². The maximum absolute atomic E-state index is 12.4. The molecule has 3 N–H and O–H groups in total. The van der Waals surface area contributed by atoms with Gasteiger partial charge in [0.1, 0.15) is 0 Å². The largest absolute Gasteiger partial charge is 0.573 e. The van der Waals surface area contributed by atoms with Crippen molar-refractivity contribution in [2.45, 2.75) is 38.1 Å². The van der Waals surface area contributed by atoms with Crippen LogP contribution in [0.5, 0.6) is 5.75 Å². The Morgan fingerprint density at radius 3 is 2.67 bits per heavy atom. The first-order chi connectivity index (χ1) is 11.3. The van der Waals surface area contributed by atoms with Crippen molar-refractivity contribution in [3.05, 3.63) is 24.3 Å². The van der Waals surface area contributed by atoms with E-state index in [0.717, 1.165) is 6.54 Å². The highest BCUT2D eigenvalue weighted by Crippen LogP contribution is 2.29. The molecule has 1 saturated carbocycles. The summed E-state index contributed by atoms with van der Waals surface area (Å²) >= 11 is 0. The lowest BCUT2D eigenvalue weighted by Gasteiger charge is -2.23. The molecule has 1 aromatic carbocycles. The number of nitrogens with one attached hydrogen (secondary N) is 1. The summed E-state index contributed by atoms with van der Waals surface area (Å²) in [4.78, 5) is 6.43. The average molecular weight is 344 g/mol. The van der Waals surface area contributed by atoms with Crippen LogP contribution in [0, 0.1) is 0 Å². The summed E-state index contributed by atoms with van der Waals surface area (Å²) in [6.45, 7) is 1.24. The van der Waals surface area contributed by atoms with Gasteiger partial charge >= 0.3 is 6.36 Å². The summed E-state index contributed by atoms with van der Waals surface area (Å²) in [6, 6.07) is 6.31. The molecule has 0 bridgehead atoms. The lowest BCUT2D eigenvalue weighted by molar-refractivity contribution is -0.274. The van der Waals surface area contributed by atoms with Crippen LogP contribution in [-0.2, 0) is 0 Å². The van der Waals surface area contributed by atoms with Gasteiger partial charge < -0.3 is 20.7 Å². The van der Waals surface area contributed by atoms with Gasteiger partial charge in [0, 0.05) is 12.6 Å². The Hall–Kier alpha value is -1.96. The molecule has 0 spiro atoms. The molecule has 1 aromatic rings. The Kier molecular flexibility index (Phi) is 6.30. The molecule has 1 fully saturated rings. The molecule has 0 aliphatic heterocycles. The summed E-state index contributed by atoms with van der Waals surface area (Å²) in [5, 5.41) is 2.66. The van der Waals surface area contributed by atoms with Crippen LogP contribution < -0.4 is 15.8 Å². The van der Waals surface area contributed by atoms with Crippen LogP contribution in [0.15, 0.2) is 29.3 Å². The number of halogens is 3. The van der Waals surface area contributed by atoms with Crippen LogP contribution in [0.25, 0.3) is 0 Å². The van der Waals surface area contributed by atoms with E-state index in [1.54, 1.807) is 6.07 Å². The maximum Gasteiger partial charge on any atom is 0.573 e. The molecule has 0 unspecified atom stereocenters. The van der Waals surface area contributed by atoms with E-state index in [0.29, 0.717) is 12.6 Å². The minimum atomic E-state index is -4.76. The number of alkyl halides is 3. The smallest absolute Gasteiger partial charge is 0.404 e. The normalized spacial score (nSPS) is 16.6. The Bertz CT molecular complexity index is 556. The van der Waals surface area contributed by atoms with Gasteiger partial charge in [0.25, 0.3) is 0 Å². The topological polar surface area (TPSA) is 62.9 Å². The summed E-state index contributed by atoms with van der Waals surface area (Å²) in [6.07, 6.45) is 0.176. The van der Waals surface area contributed by atoms with Crippen LogP contribution >= 0.6 is 0 Å². The number of hydrogen-bond acceptors (Lipinski definition) is 3. The lowest BCUT2D eigenvalue weighted by atomic mass is 10.2. The van der Waals surface area contributed by atoms with Gasteiger partial charge in [-0.1, -0.05) is 25.0 Å². The van der Waals surface area contributed by atoms with Crippen LogP contribution in [-0.4, -0.2) is 43.4 Å². The second-order valence-electron chi connectivity index (χ2n) is 5.85. The van der Waals surface area contributed by atoms with Gasteiger partial charge in [0.05, 0.1) is 12.2 Å². The molecule has 1 aliphatic carbocycles. The van der Waals surface area contributed by atoms with Crippen molar-refractivity contribution in [3.8, 4) is 5.75 Å². The summed E-state index contributed by atoms with van der Waals surface area (Å²) in [7, 11) is 2.06. The van der Waals surface area contributed by atoms with Gasteiger partial charge in [-0.05, 0) is 32.0 Å². The summed E-state index contributed by atoms with van der Waals surface area (Å²) < 4.78 is 41.1. The molecule has 0 aromatic heterocycles. The number of benzene rings is 1. The number of aliphatic imine (C=N–C) groups is 1. The number of nitrogens with zero attached hydrogens (tertiary/aromatic N) is 2. The van der Waals surface area contributed by atoms with Crippen LogP contribution in [0.3, 0.4) is 0 Å². The third-order valence-electron chi connectivity index (χ3n) is 4.06. The molecule has 0 saturated heterocycles. The number of likely N-dealkylation sites (N-methyl/N-ethyl adjacent to an activating group) is 1. The first kappa shape index (κ1) is 18.4. The van der Waals surface area contributed by atoms with Crippen molar-refractivity contribution in [1.29, 1.82) is 0 Å². The SMILES string of the molecule is CN(CCN=C(N)Nc1ccccc1OC(F)(F)F)C1CCCC1. The number of hydrogen-bond donors (Lipinski definition) is 2. The standard InChI is InChI=1S/C16H23F3N4O/c1-23(12-6-2-3-7-12)11-10-21-15(20)22-13-8-4-5-9-14(13)24-16(17,18)19/h4-5,8-9,12H,2-3,6-7,10-11H2,1H3,(H3,20,21,22). The fraction of sp³-hybridized carbons (Fsp3) is 0.562. The van der Waals surface area contributed by atoms with Crippen molar-refractivity contribution >= 4 is 11.6 Å². The number of ether oxygens (including phenoxy) is 1. The number of nitrogens with two attached hydrogens (primary N) is 1. The van der Waals surface area contributed by atoms with Gasteiger partial charge in [0.2, 0.25) is 0 Å². The quantitative estimate of drug-likeness (QED) is 0.615. The zero-order valence-electron chi connectivity index (χ0n) is 13.6. The van der Waals surface area contributed by atoms with E-state index >= 15 is 0 Å². The third kappa shape index (κ3) is 5.92. The molecule has 1 aliphatic rings. The molecule has 0 amide bonds. The Morgan fingerprint density at radius 2 is 2.00 bits per heavy atom. The van der Waals surface area contributed by atoms with Crippen molar-refractivity contribution in [3.63, 3.8) is 0 Å².